The standard InChI is InChI=1S/C14H19N3O5/c1-4-15-13(20)8(2)17-12(19)7-22-14(21)11-5-10(6-16-11)9(3)18/h5-6,8,16H,4,7H2,1-3H3,(H,15,20)(H,17,19)/t8-/m1/s1. The van der Waals surface area contributed by atoms with Gasteiger partial charge < -0.3 is 20.4 Å². The van der Waals surface area contributed by atoms with Crippen LogP contribution in [0.3, 0.4) is 0 Å². The maximum absolute atomic E-state index is 11.7. The molecule has 0 aliphatic carbocycles. The van der Waals surface area contributed by atoms with Gasteiger partial charge in [-0.2, -0.15) is 0 Å². The van der Waals surface area contributed by atoms with Crippen LogP contribution in [0.15, 0.2) is 12.3 Å². The number of nitrogens with one attached hydrogen (secondary N) is 3. The molecule has 8 nitrogen and oxygen atoms in total. The summed E-state index contributed by atoms with van der Waals surface area (Å²) >= 11 is 0. The number of ketones is 1. The molecule has 0 radical (unpaired) electrons. The SMILES string of the molecule is CCNC(=O)[C@@H](C)NC(=O)COC(=O)c1cc(C(C)=O)c[nH]1. The Balaban J connectivity index is 2.44. The molecule has 3 N–H and O–H groups in total. The lowest BCUT2D eigenvalue weighted by atomic mass is 10.2. The van der Waals surface area contributed by atoms with Crippen molar-refractivity contribution in [2.75, 3.05) is 13.2 Å². The number of Topliss-reactive ketones (excluding diaryl/α,β-unsaturated/α-hetero) is 1. The maximum Gasteiger partial charge on any atom is 0.355 e. The van der Waals surface area contributed by atoms with Gasteiger partial charge >= 0.3 is 5.97 Å². The van der Waals surface area contributed by atoms with Crippen LogP contribution in [0.4, 0.5) is 0 Å². The highest BCUT2D eigenvalue weighted by Crippen LogP contribution is 2.05. The Morgan fingerprint density at radius 1 is 1.32 bits per heavy atom. The highest BCUT2D eigenvalue weighted by atomic mass is 16.5. The molecule has 1 atom stereocenters. The number of carbonyl (C=O) groups is 4. The number of carbonyl (C=O) groups excluding carboxylic acids is 4. The average Bonchev–Trinajstić information content (AvgIpc) is 2.95. The monoisotopic (exact) mass is 309 g/mol. The van der Waals surface area contributed by atoms with E-state index in [-0.39, 0.29) is 17.4 Å². The Kier molecular flexibility index (Phi) is 6.30. The molecule has 0 saturated heterocycles. The van der Waals surface area contributed by atoms with E-state index >= 15 is 0 Å². The van der Waals surface area contributed by atoms with E-state index in [1.54, 1.807) is 6.92 Å². The van der Waals surface area contributed by atoms with Crippen molar-refractivity contribution in [2.24, 2.45) is 0 Å². The number of rotatable bonds is 7. The zero-order valence-corrected chi connectivity index (χ0v) is 12.7. The van der Waals surface area contributed by atoms with Gasteiger partial charge in [0.25, 0.3) is 5.91 Å². The van der Waals surface area contributed by atoms with Crippen LogP contribution < -0.4 is 10.6 Å². The van der Waals surface area contributed by atoms with E-state index in [4.69, 9.17) is 4.74 Å². The molecule has 0 fully saturated rings. The summed E-state index contributed by atoms with van der Waals surface area (Å²) < 4.78 is 4.80. The predicted octanol–water partition coefficient (Wildman–Crippen LogP) is 0.0149. The Bertz CT molecular complexity index is 579. The summed E-state index contributed by atoms with van der Waals surface area (Å²) in [5.74, 6) is -1.86. The molecule has 8 heteroatoms. The van der Waals surface area contributed by atoms with Crippen molar-refractivity contribution in [3.8, 4) is 0 Å². The Morgan fingerprint density at radius 3 is 2.55 bits per heavy atom. The van der Waals surface area contributed by atoms with Gasteiger partial charge in [-0.25, -0.2) is 4.79 Å². The zero-order chi connectivity index (χ0) is 16.7. The number of amides is 2. The average molecular weight is 309 g/mol. The fraction of sp³-hybridized carbons (Fsp3) is 0.429. The third kappa shape index (κ3) is 5.04. The molecule has 1 aromatic rings. The second-order valence-electron chi connectivity index (χ2n) is 4.62. The summed E-state index contributed by atoms with van der Waals surface area (Å²) in [5, 5.41) is 4.96. The van der Waals surface area contributed by atoms with Crippen LogP contribution in [0.25, 0.3) is 0 Å². The van der Waals surface area contributed by atoms with E-state index in [9.17, 15) is 19.2 Å². The molecular formula is C14H19N3O5. The molecule has 0 aliphatic heterocycles. The number of aromatic amines is 1. The predicted molar refractivity (Wildman–Crippen MR) is 77.4 cm³/mol. The van der Waals surface area contributed by atoms with Crippen LogP contribution in [0.1, 0.15) is 41.6 Å². The van der Waals surface area contributed by atoms with Gasteiger partial charge in [0, 0.05) is 18.3 Å². The van der Waals surface area contributed by atoms with Crippen LogP contribution >= 0.6 is 0 Å². The van der Waals surface area contributed by atoms with E-state index in [2.05, 4.69) is 15.6 Å². The summed E-state index contributed by atoms with van der Waals surface area (Å²) in [7, 11) is 0. The van der Waals surface area contributed by atoms with Crippen LogP contribution in [0, 0.1) is 0 Å². The first-order valence-electron chi connectivity index (χ1n) is 6.78. The van der Waals surface area contributed by atoms with Crippen molar-refractivity contribution < 1.29 is 23.9 Å². The molecular weight excluding hydrogens is 290 g/mol. The minimum absolute atomic E-state index is 0.0785. The van der Waals surface area contributed by atoms with Crippen molar-refractivity contribution in [1.29, 1.82) is 0 Å². The lowest BCUT2D eigenvalue weighted by Crippen LogP contribution is -2.46. The second-order valence-corrected chi connectivity index (χ2v) is 4.62. The van der Waals surface area contributed by atoms with Crippen LogP contribution in [-0.4, -0.2) is 47.7 Å². The fourth-order valence-corrected chi connectivity index (χ4v) is 1.60. The van der Waals surface area contributed by atoms with E-state index in [1.807, 2.05) is 0 Å². The number of ether oxygens (including phenoxy) is 1. The van der Waals surface area contributed by atoms with Gasteiger partial charge in [0.2, 0.25) is 5.91 Å². The number of likely N-dealkylation sites (N-methyl/N-ethyl adjacent to an activating group) is 1. The smallest absolute Gasteiger partial charge is 0.355 e. The molecule has 0 saturated carbocycles. The molecule has 1 heterocycles. The van der Waals surface area contributed by atoms with Crippen LogP contribution in [0.5, 0.6) is 0 Å². The van der Waals surface area contributed by atoms with Crippen molar-refractivity contribution in [3.63, 3.8) is 0 Å². The van der Waals surface area contributed by atoms with Gasteiger partial charge in [-0.1, -0.05) is 0 Å². The second kappa shape index (κ2) is 7.96. The number of esters is 1. The van der Waals surface area contributed by atoms with Crippen molar-refractivity contribution in [1.82, 2.24) is 15.6 Å². The summed E-state index contributed by atoms with van der Waals surface area (Å²) in [4.78, 5) is 48.4. The Labute approximate surface area is 127 Å². The molecule has 0 bridgehead atoms. The molecule has 2 amide bonds. The van der Waals surface area contributed by atoms with Crippen LogP contribution in [0.2, 0.25) is 0 Å². The maximum atomic E-state index is 11.7. The largest absolute Gasteiger partial charge is 0.451 e. The third-order valence-electron chi connectivity index (χ3n) is 2.77. The first kappa shape index (κ1) is 17.4. The van der Waals surface area contributed by atoms with E-state index < -0.39 is 24.5 Å². The minimum atomic E-state index is -0.756. The van der Waals surface area contributed by atoms with E-state index in [0.717, 1.165) is 0 Å². The highest BCUT2D eigenvalue weighted by molar-refractivity contribution is 5.98. The molecule has 120 valence electrons. The summed E-state index contributed by atoms with van der Waals surface area (Å²) in [5.41, 5.74) is 0.427. The molecule has 1 aromatic heterocycles. The summed E-state index contributed by atoms with van der Waals surface area (Å²) in [6.07, 6.45) is 1.39. The number of aromatic nitrogens is 1. The van der Waals surface area contributed by atoms with Crippen molar-refractivity contribution in [2.45, 2.75) is 26.8 Å². The minimum Gasteiger partial charge on any atom is -0.451 e. The Hall–Kier alpha value is -2.64. The number of hydrogen-bond donors (Lipinski definition) is 3. The molecule has 22 heavy (non-hydrogen) atoms. The van der Waals surface area contributed by atoms with Gasteiger partial charge in [-0.15, -0.1) is 0 Å². The van der Waals surface area contributed by atoms with Crippen LogP contribution in [-0.2, 0) is 14.3 Å². The Morgan fingerprint density at radius 2 is 2.00 bits per heavy atom. The van der Waals surface area contributed by atoms with E-state index in [1.165, 1.54) is 26.1 Å². The quantitative estimate of drug-likeness (QED) is 0.484. The van der Waals surface area contributed by atoms with Gasteiger partial charge in [-0.05, 0) is 26.8 Å². The zero-order valence-electron chi connectivity index (χ0n) is 12.7. The van der Waals surface area contributed by atoms with Gasteiger partial charge in [0.15, 0.2) is 12.4 Å². The number of H-pyrrole nitrogens is 1. The van der Waals surface area contributed by atoms with Crippen molar-refractivity contribution in [3.05, 3.63) is 23.5 Å². The highest BCUT2D eigenvalue weighted by Gasteiger charge is 2.17. The number of hydrogen-bond acceptors (Lipinski definition) is 5. The molecule has 0 spiro atoms. The van der Waals surface area contributed by atoms with Crippen molar-refractivity contribution >= 4 is 23.6 Å². The summed E-state index contributed by atoms with van der Waals surface area (Å²) in [6.45, 7) is 4.60. The van der Waals surface area contributed by atoms with Gasteiger partial charge in [-0.3, -0.25) is 14.4 Å². The fourth-order valence-electron chi connectivity index (χ4n) is 1.60. The first-order chi connectivity index (χ1) is 10.3. The first-order valence-corrected chi connectivity index (χ1v) is 6.78. The lowest BCUT2D eigenvalue weighted by molar-refractivity contribution is -0.130. The molecule has 0 aliphatic rings. The third-order valence-corrected chi connectivity index (χ3v) is 2.77. The normalized spacial score (nSPS) is 11.4. The summed E-state index contributed by atoms with van der Waals surface area (Å²) in [6, 6.07) is 0.626. The lowest BCUT2D eigenvalue weighted by Gasteiger charge is -2.13. The molecule has 1 rings (SSSR count). The van der Waals surface area contributed by atoms with Gasteiger partial charge in [0.1, 0.15) is 11.7 Å². The molecule has 0 unspecified atom stereocenters. The van der Waals surface area contributed by atoms with Gasteiger partial charge in [0.05, 0.1) is 0 Å². The molecule has 0 aromatic carbocycles. The van der Waals surface area contributed by atoms with E-state index in [0.29, 0.717) is 12.1 Å². The topological polar surface area (TPSA) is 117 Å².